The molecule has 0 N–H and O–H groups in total. The topological polar surface area (TPSA) is 0 Å². The van der Waals surface area contributed by atoms with Crippen LogP contribution in [0.2, 0.25) is 0 Å². The molecule has 0 saturated carbocycles. The predicted molar refractivity (Wildman–Crippen MR) is 16.8 cm³/mol. The molecule has 4 heavy (non-hydrogen) atoms. The Labute approximate surface area is 58.1 Å². The van der Waals surface area contributed by atoms with Crippen LogP contribution in [0, 0.1) is 6.92 Å². The molecule has 2 heteroatoms. The van der Waals surface area contributed by atoms with Crippen LogP contribution in [-0.2, 0) is 0 Å². The van der Waals surface area contributed by atoms with Gasteiger partial charge in [-0.05, 0) is 4.11 Å². The van der Waals surface area contributed by atoms with Crippen LogP contribution in [0.25, 0.3) is 0 Å². The quantitative estimate of drug-likeness (QED) is 0.254. The Morgan fingerprint density at radius 1 is 2.00 bits per heavy atom. The number of hydrogen-bond donors (Lipinski definition) is 0. The Bertz CT molecular complexity index is 28.4. The third-order valence-electron chi connectivity index (χ3n) is 0. The van der Waals surface area contributed by atoms with Crippen LogP contribution in [0.4, 0.5) is 0 Å². The van der Waals surface area contributed by atoms with E-state index in [1.54, 1.807) is 0 Å². The molecule has 0 nitrogen and oxygen atoms in total. The van der Waals surface area contributed by atoms with Crippen molar-refractivity contribution < 1.29 is 21.1 Å². The first kappa shape index (κ1) is 3.44. The summed E-state index contributed by atoms with van der Waals surface area (Å²) >= 11 is 0. The van der Waals surface area contributed by atoms with Gasteiger partial charge >= 0.3 is 23.1 Å². The molecule has 0 fully saturated rings. The summed E-state index contributed by atoms with van der Waals surface area (Å²) in [5.41, 5.74) is 0. The van der Waals surface area contributed by atoms with Gasteiger partial charge in [0, 0.05) is 0 Å². The summed E-state index contributed by atoms with van der Waals surface area (Å²) in [5, 5.41) is 0. The molecule has 0 aliphatic rings. The smallest absolute Gasteiger partial charge is 1.00 e. The van der Waals surface area contributed by atoms with E-state index in [0.29, 0.717) is 0 Å². The first-order chi connectivity index (χ1) is 2.00. The summed E-state index contributed by atoms with van der Waals surface area (Å²) in [6, 6.07) is 0. The molecule has 0 bridgehead atoms. The fraction of sp³-hybridized carbons (Fsp3) is 0.500. The molecule has 0 amide bonds. The van der Waals surface area contributed by atoms with Gasteiger partial charge in [-0.1, -0.05) is 0 Å². The molecule has 0 aliphatic carbocycles. The summed E-state index contributed by atoms with van der Waals surface area (Å²) in [6.45, 7) is 0.771. The van der Waals surface area contributed by atoms with Gasteiger partial charge in [-0.15, -0.1) is 0 Å². The SMILES string of the molecule is [2H]C([2H])([2H])[CH2-].[Br-].[Mg+2]. The normalized spacial score (nSPS) is 15.8. The molecule has 0 rings (SSSR count). The van der Waals surface area contributed by atoms with Crippen molar-refractivity contribution in [2.75, 3.05) is 0 Å². The summed E-state index contributed by atoms with van der Waals surface area (Å²) in [4.78, 5) is 0. The average molecular weight is 136 g/mol. The van der Waals surface area contributed by atoms with Crippen LogP contribution < -0.4 is 17.0 Å². The van der Waals surface area contributed by atoms with Crippen molar-refractivity contribution in [3.05, 3.63) is 6.92 Å². The maximum absolute atomic E-state index is 6.16. The molecule has 0 heterocycles. The summed E-state index contributed by atoms with van der Waals surface area (Å²) in [5.74, 6) is 0. The average Bonchev–Trinajstić information content (AvgIpc) is 0.722. The van der Waals surface area contributed by atoms with Gasteiger partial charge in [0.05, 0.1) is 0 Å². The minimum Gasteiger partial charge on any atom is -1.00 e. The van der Waals surface area contributed by atoms with Gasteiger partial charge in [-0.25, -0.2) is 0 Å². The first-order valence-electron chi connectivity index (χ1n) is 1.85. The maximum atomic E-state index is 6.16. The summed E-state index contributed by atoms with van der Waals surface area (Å²) in [7, 11) is 0. The van der Waals surface area contributed by atoms with Gasteiger partial charge in [0.25, 0.3) is 0 Å². The fourth-order valence-electron chi connectivity index (χ4n) is 0. The van der Waals surface area contributed by atoms with Gasteiger partial charge in [0.15, 0.2) is 0 Å². The Hall–Kier alpha value is 1.25. The van der Waals surface area contributed by atoms with Gasteiger partial charge in [-0.3, -0.25) is 0 Å². The number of hydrogen-bond acceptors (Lipinski definition) is 0. The molecule has 0 spiro atoms. The minimum absolute atomic E-state index is 0. The third kappa shape index (κ3) is 10.5. The molecular formula is C2H5BrMg. The molecule has 0 atom stereocenters. The first-order valence-corrected chi connectivity index (χ1v) is 0.354. The van der Waals surface area contributed by atoms with Crippen molar-refractivity contribution in [2.24, 2.45) is 0 Å². The van der Waals surface area contributed by atoms with Crippen LogP contribution in [0.3, 0.4) is 0 Å². The zero-order valence-corrected chi connectivity index (χ0v) is 5.29. The van der Waals surface area contributed by atoms with E-state index in [4.69, 9.17) is 4.11 Å². The van der Waals surface area contributed by atoms with E-state index in [1.165, 1.54) is 0 Å². The molecule has 0 radical (unpaired) electrons. The Balaban J connectivity index is -0.0000000800. The van der Waals surface area contributed by atoms with Crippen molar-refractivity contribution in [1.29, 1.82) is 0 Å². The monoisotopic (exact) mass is 135 g/mol. The van der Waals surface area contributed by atoms with E-state index in [0.717, 1.165) is 0 Å². The second-order valence-electron chi connectivity index (χ2n) is 0. The molecular weight excluding hydrogens is 128 g/mol. The zero-order valence-electron chi connectivity index (χ0n) is 5.29. The predicted octanol–water partition coefficient (Wildman–Crippen LogP) is -2.54. The van der Waals surface area contributed by atoms with Crippen molar-refractivity contribution in [1.82, 2.24) is 0 Å². The largest absolute Gasteiger partial charge is 2.00 e. The van der Waals surface area contributed by atoms with E-state index in [2.05, 4.69) is 6.92 Å². The molecule has 22 valence electrons. The Kier molecular flexibility index (Phi) is 24.8. The second kappa shape index (κ2) is 28.8. The summed E-state index contributed by atoms with van der Waals surface area (Å²) < 4.78 is 18.5. The molecule has 0 aromatic rings. The van der Waals surface area contributed by atoms with Gasteiger partial charge in [-0.2, -0.15) is 6.85 Å². The van der Waals surface area contributed by atoms with E-state index in [1.807, 2.05) is 0 Å². The van der Waals surface area contributed by atoms with Crippen LogP contribution in [0.15, 0.2) is 0 Å². The van der Waals surface area contributed by atoms with Crippen molar-refractivity contribution in [3.63, 3.8) is 0 Å². The minimum atomic E-state index is -2.00. The zero-order chi connectivity index (χ0) is 4.50. The molecule has 0 aliphatic heterocycles. The van der Waals surface area contributed by atoms with E-state index in [-0.39, 0.29) is 40.0 Å². The van der Waals surface area contributed by atoms with Gasteiger partial charge in [0.1, 0.15) is 0 Å². The van der Waals surface area contributed by atoms with Crippen LogP contribution in [-0.4, -0.2) is 23.1 Å². The standard InChI is InChI=1S/C2H5.BrH.Mg/c1-2;;/h1H2,2H3;1H;/q-1;;+2/p-1/i2D3;;. The van der Waals surface area contributed by atoms with E-state index in [9.17, 15) is 0 Å². The molecule has 0 aromatic heterocycles. The molecule has 0 unspecified atom stereocenters. The Morgan fingerprint density at radius 2 is 2.00 bits per heavy atom. The Morgan fingerprint density at radius 3 is 2.00 bits per heavy atom. The van der Waals surface area contributed by atoms with Crippen molar-refractivity contribution in [2.45, 2.75) is 6.85 Å². The molecule has 0 aromatic carbocycles. The maximum Gasteiger partial charge on any atom is 2.00 e. The van der Waals surface area contributed by atoms with Crippen LogP contribution in [0.5, 0.6) is 0 Å². The van der Waals surface area contributed by atoms with Gasteiger partial charge in [0.2, 0.25) is 0 Å². The van der Waals surface area contributed by atoms with Crippen molar-refractivity contribution in [3.8, 4) is 0 Å². The fourth-order valence-corrected chi connectivity index (χ4v) is 0. The van der Waals surface area contributed by atoms with Gasteiger partial charge < -0.3 is 23.9 Å². The van der Waals surface area contributed by atoms with Crippen LogP contribution in [0.1, 0.15) is 11.0 Å². The number of rotatable bonds is 0. The van der Waals surface area contributed by atoms with Crippen LogP contribution >= 0.6 is 0 Å². The number of halogens is 1. The van der Waals surface area contributed by atoms with Crippen molar-refractivity contribution >= 4 is 23.1 Å². The third-order valence-corrected chi connectivity index (χ3v) is 0. The second-order valence-corrected chi connectivity index (χ2v) is 0. The van der Waals surface area contributed by atoms with E-state index >= 15 is 0 Å². The van der Waals surface area contributed by atoms with E-state index < -0.39 is 6.85 Å². The molecule has 0 saturated heterocycles. The summed E-state index contributed by atoms with van der Waals surface area (Å²) in [6.07, 6.45) is 0.